The van der Waals surface area contributed by atoms with Crippen LogP contribution in [0.15, 0.2) is 12.1 Å². The van der Waals surface area contributed by atoms with E-state index in [2.05, 4.69) is 0 Å². The Labute approximate surface area is 125 Å². The Morgan fingerprint density at radius 2 is 1.80 bits per heavy atom. The Morgan fingerprint density at radius 3 is 2.20 bits per heavy atom. The third-order valence-corrected chi connectivity index (χ3v) is 2.93. The summed E-state index contributed by atoms with van der Waals surface area (Å²) in [5.74, 6) is 0.540. The van der Waals surface area contributed by atoms with E-state index in [-0.39, 0.29) is 28.6 Å². The quantitative estimate of drug-likeness (QED) is 0.457. The molecule has 0 saturated heterocycles. The lowest BCUT2D eigenvalue weighted by Crippen LogP contribution is -2.28. The summed E-state index contributed by atoms with van der Waals surface area (Å²) in [6, 6.07) is 6.05. The number of hydrogen-bond acceptors (Lipinski definition) is 5. The molecule has 0 aliphatic carbocycles. The average Bonchev–Trinajstić information content (AvgIpc) is 2.45. The van der Waals surface area contributed by atoms with Crippen LogP contribution in [0.3, 0.4) is 0 Å². The summed E-state index contributed by atoms with van der Waals surface area (Å²) < 4.78 is 0. The molecule has 8 heteroatoms. The molecule has 0 aliphatic heterocycles. The zero-order valence-electron chi connectivity index (χ0n) is 10.3. The van der Waals surface area contributed by atoms with Crippen molar-refractivity contribution in [3.63, 3.8) is 0 Å². The fraction of sp³-hybridized carbons (Fsp3) is 0.333. The van der Waals surface area contributed by atoms with Gasteiger partial charge in [-0.3, -0.25) is 10.1 Å². The van der Waals surface area contributed by atoms with Crippen molar-refractivity contribution in [3.05, 3.63) is 33.4 Å². The predicted molar refractivity (Wildman–Crippen MR) is 76.2 cm³/mol. The molecule has 0 saturated carbocycles. The molecule has 0 N–H and O–H groups in total. The van der Waals surface area contributed by atoms with Crippen LogP contribution in [0.25, 0.3) is 0 Å². The topological polar surface area (TPSA) is 94.0 Å². The van der Waals surface area contributed by atoms with Crippen molar-refractivity contribution >= 4 is 34.6 Å². The molecule has 0 fully saturated rings. The van der Waals surface area contributed by atoms with Gasteiger partial charge >= 0.3 is 0 Å². The van der Waals surface area contributed by atoms with E-state index in [1.54, 1.807) is 11.0 Å². The molecule has 0 aromatic heterocycles. The Balaban J connectivity index is 3.48. The number of nitriles is 2. The summed E-state index contributed by atoms with van der Waals surface area (Å²) in [4.78, 5) is 12.0. The zero-order valence-corrected chi connectivity index (χ0v) is 11.9. The van der Waals surface area contributed by atoms with Crippen molar-refractivity contribution < 1.29 is 4.92 Å². The third-order valence-electron chi connectivity index (χ3n) is 2.59. The van der Waals surface area contributed by atoms with E-state index >= 15 is 0 Å². The van der Waals surface area contributed by atoms with Gasteiger partial charge in [0.2, 0.25) is 0 Å². The summed E-state index contributed by atoms with van der Waals surface area (Å²) in [6.07, 6.45) is 0. The molecule has 0 amide bonds. The predicted octanol–water partition coefficient (Wildman–Crippen LogP) is 2.62. The molecule has 6 nitrogen and oxygen atoms in total. The number of benzene rings is 1. The minimum Gasteiger partial charge on any atom is -0.368 e. The Kier molecular flexibility index (Phi) is 6.05. The monoisotopic (exact) mass is 312 g/mol. The van der Waals surface area contributed by atoms with E-state index in [1.807, 2.05) is 6.07 Å². The van der Waals surface area contributed by atoms with Gasteiger partial charge in [0.05, 0.1) is 21.7 Å². The molecular weight excluding hydrogens is 303 g/mol. The van der Waals surface area contributed by atoms with E-state index < -0.39 is 4.92 Å². The van der Waals surface area contributed by atoms with Gasteiger partial charge in [0.15, 0.2) is 0 Å². The molecular formula is C12H10Cl2N4O2. The van der Waals surface area contributed by atoms with Crippen LogP contribution in [0.1, 0.15) is 11.1 Å². The number of nitro groups is 1. The largest absolute Gasteiger partial charge is 0.368 e. The number of halogens is 2. The van der Waals surface area contributed by atoms with Gasteiger partial charge in [0.25, 0.3) is 5.69 Å². The first-order valence-corrected chi connectivity index (χ1v) is 6.65. The maximum atomic E-state index is 10.9. The first kappa shape index (κ1) is 16.0. The molecule has 0 bridgehead atoms. The van der Waals surface area contributed by atoms with Crippen LogP contribution in [0.4, 0.5) is 11.4 Å². The smallest absolute Gasteiger partial charge is 0.272 e. The number of alkyl halides is 2. The van der Waals surface area contributed by atoms with Crippen LogP contribution in [-0.2, 0) is 0 Å². The van der Waals surface area contributed by atoms with Crippen molar-refractivity contribution in [2.75, 3.05) is 29.7 Å². The second-order valence-corrected chi connectivity index (χ2v) is 4.49. The van der Waals surface area contributed by atoms with Crippen LogP contribution < -0.4 is 4.90 Å². The minimum atomic E-state index is -0.606. The summed E-state index contributed by atoms with van der Waals surface area (Å²) in [7, 11) is 0. The normalized spacial score (nSPS) is 9.60. The van der Waals surface area contributed by atoms with Crippen molar-refractivity contribution in [2.45, 2.75) is 0 Å². The van der Waals surface area contributed by atoms with Gasteiger partial charge in [-0.15, -0.1) is 23.2 Å². The molecule has 20 heavy (non-hydrogen) atoms. The first-order chi connectivity index (χ1) is 9.58. The van der Waals surface area contributed by atoms with E-state index in [0.29, 0.717) is 18.8 Å². The number of non-ortho nitro benzene ring substituents is 1. The number of nitrogens with zero attached hydrogens (tertiary/aromatic N) is 4. The van der Waals surface area contributed by atoms with Crippen molar-refractivity contribution in [2.24, 2.45) is 0 Å². The van der Waals surface area contributed by atoms with Crippen molar-refractivity contribution in [1.82, 2.24) is 0 Å². The Hall–Kier alpha value is -2.02. The number of hydrogen-bond donors (Lipinski definition) is 0. The molecule has 0 heterocycles. The first-order valence-electron chi connectivity index (χ1n) is 5.58. The van der Waals surface area contributed by atoms with E-state index in [9.17, 15) is 15.4 Å². The number of anilines is 1. The summed E-state index contributed by atoms with van der Waals surface area (Å²) in [6.45, 7) is 0.740. The fourth-order valence-corrected chi connectivity index (χ4v) is 2.14. The molecule has 0 radical (unpaired) electrons. The average molecular weight is 313 g/mol. The van der Waals surface area contributed by atoms with Gasteiger partial charge in [0, 0.05) is 37.0 Å². The fourth-order valence-electron chi connectivity index (χ4n) is 1.73. The second kappa shape index (κ2) is 7.54. The molecule has 1 aromatic rings. The Bertz CT molecular complexity index is 586. The van der Waals surface area contributed by atoms with Crippen LogP contribution >= 0.6 is 23.2 Å². The number of nitro benzene ring substituents is 1. The van der Waals surface area contributed by atoms with Gasteiger partial charge in [-0.1, -0.05) is 0 Å². The van der Waals surface area contributed by atoms with E-state index in [1.165, 1.54) is 6.07 Å². The van der Waals surface area contributed by atoms with Crippen LogP contribution in [0, 0.1) is 32.8 Å². The lowest BCUT2D eigenvalue weighted by molar-refractivity contribution is -0.384. The molecule has 0 spiro atoms. The maximum Gasteiger partial charge on any atom is 0.272 e. The van der Waals surface area contributed by atoms with Gasteiger partial charge < -0.3 is 4.90 Å². The molecule has 0 atom stereocenters. The molecule has 1 rings (SSSR count). The lowest BCUT2D eigenvalue weighted by Gasteiger charge is -2.24. The maximum absolute atomic E-state index is 10.9. The summed E-state index contributed by atoms with van der Waals surface area (Å²) >= 11 is 11.4. The highest BCUT2D eigenvalue weighted by Crippen LogP contribution is 2.29. The second-order valence-electron chi connectivity index (χ2n) is 3.73. The van der Waals surface area contributed by atoms with Crippen molar-refractivity contribution in [1.29, 1.82) is 10.5 Å². The van der Waals surface area contributed by atoms with E-state index in [0.717, 1.165) is 6.07 Å². The molecule has 0 unspecified atom stereocenters. The van der Waals surface area contributed by atoms with Gasteiger partial charge in [-0.25, -0.2) is 0 Å². The molecule has 1 aromatic carbocycles. The van der Waals surface area contributed by atoms with Crippen LogP contribution in [0.5, 0.6) is 0 Å². The Morgan fingerprint density at radius 1 is 1.20 bits per heavy atom. The van der Waals surface area contributed by atoms with Crippen molar-refractivity contribution in [3.8, 4) is 12.1 Å². The summed E-state index contributed by atoms with van der Waals surface area (Å²) in [5, 5.41) is 29.1. The summed E-state index contributed by atoms with van der Waals surface area (Å²) in [5.41, 5.74) is 0.114. The molecule has 104 valence electrons. The SMILES string of the molecule is N#Cc1cc([N+](=O)[O-])cc(N(CCCl)CCCl)c1C#N. The molecule has 0 aliphatic rings. The van der Waals surface area contributed by atoms with Gasteiger partial charge in [-0.2, -0.15) is 10.5 Å². The third kappa shape index (κ3) is 3.51. The highest BCUT2D eigenvalue weighted by Gasteiger charge is 2.20. The highest BCUT2D eigenvalue weighted by molar-refractivity contribution is 6.18. The minimum absolute atomic E-state index is 0.0363. The standard InChI is InChI=1S/C12H10Cl2N4O2/c13-1-3-17(4-2-14)12-6-10(18(19)20)5-9(7-15)11(12)8-16/h5-6H,1-4H2. The van der Waals surface area contributed by atoms with Crippen LogP contribution in [-0.4, -0.2) is 29.8 Å². The van der Waals surface area contributed by atoms with E-state index in [4.69, 9.17) is 28.5 Å². The van der Waals surface area contributed by atoms with Gasteiger partial charge in [0.1, 0.15) is 12.1 Å². The number of rotatable bonds is 6. The van der Waals surface area contributed by atoms with Crippen LogP contribution in [0.2, 0.25) is 0 Å². The highest BCUT2D eigenvalue weighted by atomic mass is 35.5. The lowest BCUT2D eigenvalue weighted by atomic mass is 10.0. The van der Waals surface area contributed by atoms with Gasteiger partial charge in [-0.05, 0) is 0 Å². The zero-order chi connectivity index (χ0) is 15.1.